The van der Waals surface area contributed by atoms with Gasteiger partial charge in [-0.1, -0.05) is 13.0 Å². The molecule has 1 aromatic heterocycles. The van der Waals surface area contributed by atoms with E-state index < -0.39 is 0 Å². The maximum Gasteiger partial charge on any atom is 0.231 e. The van der Waals surface area contributed by atoms with E-state index >= 15 is 0 Å². The minimum absolute atomic E-state index is 0.256. The molecule has 0 aliphatic carbocycles. The molecule has 6 heteroatoms. The molecule has 0 atom stereocenters. The van der Waals surface area contributed by atoms with Crippen LogP contribution < -0.4 is 18.9 Å². The lowest BCUT2D eigenvalue weighted by molar-refractivity contribution is 0.174. The minimum Gasteiger partial charge on any atom is -0.454 e. The number of pyridine rings is 1. The van der Waals surface area contributed by atoms with Crippen LogP contribution in [0.2, 0.25) is 0 Å². The second-order valence-corrected chi connectivity index (χ2v) is 6.78. The van der Waals surface area contributed by atoms with Crippen molar-refractivity contribution in [1.82, 2.24) is 9.88 Å². The number of hydrogen-bond acceptors (Lipinski definition) is 6. The van der Waals surface area contributed by atoms with Gasteiger partial charge in [0.15, 0.2) is 23.0 Å². The fourth-order valence-electron chi connectivity index (χ4n) is 3.49. The summed E-state index contributed by atoms with van der Waals surface area (Å²) in [5, 5.41) is 2.03. The van der Waals surface area contributed by atoms with Crippen LogP contribution in [0.5, 0.6) is 23.0 Å². The first-order chi connectivity index (χ1) is 13.2. The van der Waals surface area contributed by atoms with Gasteiger partial charge in [0.2, 0.25) is 13.6 Å². The third kappa shape index (κ3) is 2.73. The van der Waals surface area contributed by atoms with E-state index in [0.29, 0.717) is 0 Å². The lowest BCUT2D eigenvalue weighted by Crippen LogP contribution is -2.17. The zero-order valence-corrected chi connectivity index (χ0v) is 15.3. The third-order valence-corrected chi connectivity index (χ3v) is 5.09. The Morgan fingerprint density at radius 1 is 0.963 bits per heavy atom. The molecule has 27 heavy (non-hydrogen) atoms. The van der Waals surface area contributed by atoms with Gasteiger partial charge in [0.05, 0.1) is 5.69 Å². The van der Waals surface area contributed by atoms with Crippen molar-refractivity contribution in [2.75, 3.05) is 27.2 Å². The molecule has 0 N–H and O–H groups in total. The lowest BCUT2D eigenvalue weighted by atomic mass is 10.0. The summed E-state index contributed by atoms with van der Waals surface area (Å²) in [4.78, 5) is 6.97. The molecular weight excluding hydrogens is 344 g/mol. The Morgan fingerprint density at radius 2 is 1.74 bits per heavy atom. The predicted molar refractivity (Wildman–Crippen MR) is 101 cm³/mol. The van der Waals surface area contributed by atoms with Crippen molar-refractivity contribution in [3.05, 3.63) is 42.1 Å². The molecule has 2 aliphatic heterocycles. The van der Waals surface area contributed by atoms with Crippen LogP contribution in [0.1, 0.15) is 12.5 Å². The lowest BCUT2D eigenvalue weighted by Gasteiger charge is -2.17. The van der Waals surface area contributed by atoms with Crippen LogP contribution in [0.3, 0.4) is 0 Å². The van der Waals surface area contributed by atoms with E-state index in [1.165, 1.54) is 0 Å². The van der Waals surface area contributed by atoms with Gasteiger partial charge in [0, 0.05) is 23.7 Å². The van der Waals surface area contributed by atoms with Gasteiger partial charge in [0.1, 0.15) is 0 Å². The van der Waals surface area contributed by atoms with Crippen LogP contribution in [0.4, 0.5) is 0 Å². The first-order valence-corrected chi connectivity index (χ1v) is 9.02. The molecule has 0 unspecified atom stereocenters. The first-order valence-electron chi connectivity index (χ1n) is 9.02. The molecular formula is C21H20N2O4. The Bertz CT molecular complexity index is 1030. The molecule has 3 heterocycles. The molecule has 0 spiro atoms. The van der Waals surface area contributed by atoms with E-state index in [0.717, 1.165) is 63.7 Å². The standard InChI is InChI=1S/C21H20N2O4/c1-3-23(2)10-14-7-19-20(26-11-25-19)8-15(14)17-6-13-4-5-18-21(27-12-24-18)16(13)9-22-17/h4-9H,3,10-12H2,1-2H3. The number of aromatic nitrogens is 1. The summed E-state index contributed by atoms with van der Waals surface area (Å²) in [5.41, 5.74) is 3.12. The smallest absolute Gasteiger partial charge is 0.231 e. The molecule has 0 saturated heterocycles. The highest BCUT2D eigenvalue weighted by atomic mass is 16.7. The number of rotatable bonds is 4. The van der Waals surface area contributed by atoms with Crippen LogP contribution in [0.15, 0.2) is 36.5 Å². The van der Waals surface area contributed by atoms with Gasteiger partial charge in [-0.15, -0.1) is 0 Å². The highest BCUT2D eigenvalue weighted by molar-refractivity contribution is 5.93. The Morgan fingerprint density at radius 3 is 2.59 bits per heavy atom. The molecule has 0 fully saturated rings. The average Bonchev–Trinajstić information content (AvgIpc) is 3.35. The van der Waals surface area contributed by atoms with Crippen LogP contribution in [-0.4, -0.2) is 37.1 Å². The van der Waals surface area contributed by atoms with E-state index in [1.807, 2.05) is 24.4 Å². The molecule has 2 aliphatic rings. The van der Waals surface area contributed by atoms with Crippen molar-refractivity contribution < 1.29 is 18.9 Å². The second-order valence-electron chi connectivity index (χ2n) is 6.78. The summed E-state index contributed by atoms with van der Waals surface area (Å²) in [6.07, 6.45) is 1.86. The number of benzene rings is 2. The van der Waals surface area contributed by atoms with E-state index in [-0.39, 0.29) is 13.6 Å². The van der Waals surface area contributed by atoms with Gasteiger partial charge in [0.25, 0.3) is 0 Å². The molecule has 0 amide bonds. The summed E-state index contributed by atoms with van der Waals surface area (Å²) < 4.78 is 22.2. The molecule has 2 aromatic carbocycles. The Balaban J connectivity index is 1.64. The summed E-state index contributed by atoms with van der Waals surface area (Å²) >= 11 is 0. The molecule has 6 nitrogen and oxygen atoms in total. The number of ether oxygens (including phenoxy) is 4. The van der Waals surface area contributed by atoms with Crippen molar-refractivity contribution >= 4 is 10.8 Å². The zero-order valence-electron chi connectivity index (χ0n) is 15.3. The monoisotopic (exact) mass is 364 g/mol. The topological polar surface area (TPSA) is 53.1 Å². The minimum atomic E-state index is 0.256. The maximum atomic E-state index is 5.60. The quantitative estimate of drug-likeness (QED) is 0.702. The predicted octanol–water partition coefficient (Wildman–Crippen LogP) is 3.81. The highest BCUT2D eigenvalue weighted by Crippen LogP contribution is 2.42. The molecule has 3 aromatic rings. The molecule has 5 rings (SSSR count). The van der Waals surface area contributed by atoms with Crippen LogP contribution >= 0.6 is 0 Å². The molecule has 138 valence electrons. The van der Waals surface area contributed by atoms with E-state index in [1.54, 1.807) is 0 Å². The third-order valence-electron chi connectivity index (χ3n) is 5.09. The van der Waals surface area contributed by atoms with Crippen molar-refractivity contribution in [2.45, 2.75) is 13.5 Å². The van der Waals surface area contributed by atoms with E-state index in [2.05, 4.69) is 31.0 Å². The number of hydrogen-bond donors (Lipinski definition) is 0. The van der Waals surface area contributed by atoms with Crippen molar-refractivity contribution in [3.63, 3.8) is 0 Å². The summed E-state index contributed by atoms with van der Waals surface area (Å²) in [5.74, 6) is 3.09. The Hall–Kier alpha value is -2.99. The largest absolute Gasteiger partial charge is 0.454 e. The van der Waals surface area contributed by atoms with Gasteiger partial charge in [-0.25, -0.2) is 0 Å². The Labute approximate surface area is 157 Å². The van der Waals surface area contributed by atoms with Gasteiger partial charge in [-0.3, -0.25) is 4.98 Å². The SMILES string of the molecule is CCN(C)Cc1cc2c(cc1-c1cc3ccc4c(c3cn1)OCO4)OCO2. The normalized spacial score (nSPS) is 14.3. The van der Waals surface area contributed by atoms with E-state index in [4.69, 9.17) is 23.9 Å². The zero-order chi connectivity index (χ0) is 18.4. The van der Waals surface area contributed by atoms with Crippen molar-refractivity contribution in [3.8, 4) is 34.3 Å². The molecule has 0 bridgehead atoms. The van der Waals surface area contributed by atoms with Crippen LogP contribution in [-0.2, 0) is 6.54 Å². The van der Waals surface area contributed by atoms with Gasteiger partial charge in [-0.2, -0.15) is 0 Å². The molecule has 0 radical (unpaired) electrons. The molecule has 0 saturated carbocycles. The van der Waals surface area contributed by atoms with Crippen LogP contribution in [0, 0.1) is 0 Å². The average molecular weight is 364 g/mol. The highest BCUT2D eigenvalue weighted by Gasteiger charge is 2.21. The fourth-order valence-corrected chi connectivity index (χ4v) is 3.49. The van der Waals surface area contributed by atoms with Crippen molar-refractivity contribution in [2.24, 2.45) is 0 Å². The number of nitrogens with zero attached hydrogens (tertiary/aromatic N) is 2. The van der Waals surface area contributed by atoms with Gasteiger partial charge in [-0.05, 0) is 48.8 Å². The maximum absolute atomic E-state index is 5.60. The summed E-state index contributed by atoms with van der Waals surface area (Å²) in [6.45, 7) is 4.43. The summed E-state index contributed by atoms with van der Waals surface area (Å²) in [6, 6.07) is 10.2. The summed E-state index contributed by atoms with van der Waals surface area (Å²) in [7, 11) is 2.10. The van der Waals surface area contributed by atoms with Crippen molar-refractivity contribution in [1.29, 1.82) is 0 Å². The van der Waals surface area contributed by atoms with E-state index in [9.17, 15) is 0 Å². The van der Waals surface area contributed by atoms with Gasteiger partial charge < -0.3 is 23.8 Å². The second kappa shape index (κ2) is 6.32. The van der Waals surface area contributed by atoms with Crippen LogP contribution in [0.25, 0.3) is 22.0 Å². The number of fused-ring (bicyclic) bond motifs is 4. The first kappa shape index (κ1) is 16.2. The van der Waals surface area contributed by atoms with Gasteiger partial charge >= 0.3 is 0 Å². The Kier molecular flexibility index (Phi) is 3.79. The fraction of sp³-hybridized carbons (Fsp3) is 0.286.